The fourth-order valence-corrected chi connectivity index (χ4v) is 6.14. The van der Waals surface area contributed by atoms with E-state index in [-0.39, 0.29) is 22.1 Å². The largest absolute Gasteiger partial charge is 0.478 e. The van der Waals surface area contributed by atoms with Crippen molar-refractivity contribution in [1.29, 1.82) is 0 Å². The lowest BCUT2D eigenvalue weighted by molar-refractivity contribution is -0.117. The average Bonchev–Trinajstić information content (AvgIpc) is 3.19. The summed E-state index contributed by atoms with van der Waals surface area (Å²) in [6, 6.07) is 6.93. The van der Waals surface area contributed by atoms with Gasteiger partial charge in [0.05, 0.1) is 21.8 Å². The quantitative estimate of drug-likeness (QED) is 0.395. The highest BCUT2D eigenvalue weighted by Gasteiger charge is 2.22. The van der Waals surface area contributed by atoms with Crippen molar-refractivity contribution < 1.29 is 27.9 Å². The van der Waals surface area contributed by atoms with E-state index in [9.17, 15) is 18.0 Å². The predicted molar refractivity (Wildman–Crippen MR) is 136 cm³/mol. The van der Waals surface area contributed by atoms with Crippen LogP contribution >= 0.6 is 11.3 Å². The SMILES string of the molecule is Cc1ncc(-c2sc(NC(=O)CC3CCOCC3)nc2C)cc1S(=O)(=O)Nc1ccc(C(=O)O)cc1. The summed E-state index contributed by atoms with van der Waals surface area (Å²) in [4.78, 5) is 32.9. The Hall–Kier alpha value is -3.35. The molecule has 3 N–H and O–H groups in total. The van der Waals surface area contributed by atoms with Gasteiger partial charge in [0.1, 0.15) is 4.90 Å². The van der Waals surface area contributed by atoms with Crippen LogP contribution in [-0.4, -0.2) is 48.6 Å². The molecule has 0 spiro atoms. The predicted octanol–water partition coefficient (Wildman–Crippen LogP) is 4.08. The number of thiazole rings is 1. The van der Waals surface area contributed by atoms with E-state index < -0.39 is 16.0 Å². The third kappa shape index (κ3) is 6.07. The number of hydrogen-bond acceptors (Lipinski definition) is 8. The number of hydrogen-bond donors (Lipinski definition) is 3. The summed E-state index contributed by atoms with van der Waals surface area (Å²) in [6.07, 6.45) is 3.70. The van der Waals surface area contributed by atoms with Crippen molar-refractivity contribution in [2.45, 2.75) is 38.0 Å². The van der Waals surface area contributed by atoms with Crippen molar-refractivity contribution in [3.8, 4) is 10.4 Å². The monoisotopic (exact) mass is 530 g/mol. The van der Waals surface area contributed by atoms with Crippen LogP contribution in [0.1, 0.15) is 41.0 Å². The van der Waals surface area contributed by atoms with Gasteiger partial charge in [-0.15, -0.1) is 0 Å². The Morgan fingerprint density at radius 1 is 1.14 bits per heavy atom. The number of carboxylic acids is 1. The molecule has 0 bridgehead atoms. The van der Waals surface area contributed by atoms with Crippen molar-refractivity contribution in [2.75, 3.05) is 23.3 Å². The molecule has 36 heavy (non-hydrogen) atoms. The fourth-order valence-electron chi connectivity index (χ4n) is 3.90. The summed E-state index contributed by atoms with van der Waals surface area (Å²) >= 11 is 1.26. The zero-order valence-electron chi connectivity index (χ0n) is 19.8. The van der Waals surface area contributed by atoms with Crippen LogP contribution in [0, 0.1) is 19.8 Å². The van der Waals surface area contributed by atoms with Crippen LogP contribution in [0.2, 0.25) is 0 Å². The number of aromatic nitrogens is 2. The minimum Gasteiger partial charge on any atom is -0.478 e. The lowest BCUT2D eigenvalue weighted by Gasteiger charge is -2.20. The molecule has 1 amide bonds. The number of carbonyl (C=O) groups excluding carboxylic acids is 1. The summed E-state index contributed by atoms with van der Waals surface area (Å²) in [7, 11) is -4.00. The summed E-state index contributed by atoms with van der Waals surface area (Å²) < 4.78 is 34.0. The zero-order chi connectivity index (χ0) is 25.9. The van der Waals surface area contributed by atoms with Crippen molar-refractivity contribution in [2.24, 2.45) is 5.92 Å². The van der Waals surface area contributed by atoms with E-state index in [4.69, 9.17) is 9.84 Å². The van der Waals surface area contributed by atoms with Gasteiger partial charge in [0.2, 0.25) is 5.91 Å². The Morgan fingerprint density at radius 2 is 1.83 bits per heavy atom. The van der Waals surface area contributed by atoms with Gasteiger partial charge in [0, 0.05) is 37.1 Å². The fraction of sp³-hybridized carbons (Fsp3) is 0.333. The molecule has 12 heteroatoms. The minimum absolute atomic E-state index is 0.0137. The molecule has 0 unspecified atom stereocenters. The Balaban J connectivity index is 1.52. The van der Waals surface area contributed by atoms with Crippen molar-refractivity contribution in [1.82, 2.24) is 9.97 Å². The average molecular weight is 531 g/mol. The second kappa shape index (κ2) is 10.7. The number of amides is 1. The van der Waals surface area contributed by atoms with Gasteiger partial charge >= 0.3 is 5.97 Å². The number of ether oxygens (including phenoxy) is 1. The van der Waals surface area contributed by atoms with Gasteiger partial charge in [-0.05, 0) is 62.9 Å². The molecule has 0 atom stereocenters. The highest BCUT2D eigenvalue weighted by Crippen LogP contribution is 2.34. The molecule has 4 rings (SSSR count). The topological polar surface area (TPSA) is 148 Å². The van der Waals surface area contributed by atoms with Gasteiger partial charge in [-0.2, -0.15) is 0 Å². The number of aromatic carboxylic acids is 1. The number of nitrogens with zero attached hydrogens (tertiary/aromatic N) is 2. The normalized spacial score (nSPS) is 14.4. The van der Waals surface area contributed by atoms with Gasteiger partial charge in [-0.1, -0.05) is 11.3 Å². The Kier molecular flexibility index (Phi) is 7.67. The summed E-state index contributed by atoms with van der Waals surface area (Å²) in [5.41, 5.74) is 1.79. The molecular formula is C24H26N4O6S2. The molecular weight excluding hydrogens is 504 g/mol. The number of aryl methyl sites for hydroxylation is 2. The van der Waals surface area contributed by atoms with Crippen molar-refractivity contribution in [3.05, 3.63) is 53.5 Å². The van der Waals surface area contributed by atoms with E-state index in [2.05, 4.69) is 20.0 Å². The first-order valence-electron chi connectivity index (χ1n) is 11.3. The second-order valence-electron chi connectivity index (χ2n) is 8.54. The molecule has 1 aromatic carbocycles. The number of anilines is 2. The second-order valence-corrected chi connectivity index (χ2v) is 11.2. The summed E-state index contributed by atoms with van der Waals surface area (Å²) in [6.45, 7) is 4.73. The molecule has 1 fully saturated rings. The van der Waals surface area contributed by atoms with E-state index >= 15 is 0 Å². The molecule has 1 aliphatic heterocycles. The molecule has 0 aliphatic carbocycles. The van der Waals surface area contributed by atoms with Crippen LogP contribution in [0.15, 0.2) is 41.4 Å². The number of carbonyl (C=O) groups is 2. The number of carboxylic acid groups (broad SMARTS) is 1. The van der Waals surface area contributed by atoms with E-state index in [0.717, 1.165) is 12.8 Å². The molecule has 2 aromatic heterocycles. The summed E-state index contributed by atoms with van der Waals surface area (Å²) in [5, 5.41) is 12.3. The molecule has 3 heterocycles. The molecule has 1 saturated heterocycles. The zero-order valence-corrected chi connectivity index (χ0v) is 21.4. The lowest BCUT2D eigenvalue weighted by atomic mass is 9.96. The van der Waals surface area contributed by atoms with E-state index in [1.807, 2.05) is 0 Å². The molecule has 0 radical (unpaired) electrons. The first kappa shape index (κ1) is 25.7. The maximum absolute atomic E-state index is 13.1. The molecule has 0 saturated carbocycles. The van der Waals surface area contributed by atoms with E-state index in [1.165, 1.54) is 41.7 Å². The Morgan fingerprint density at radius 3 is 2.50 bits per heavy atom. The molecule has 3 aromatic rings. The number of rotatable bonds is 8. The highest BCUT2D eigenvalue weighted by molar-refractivity contribution is 7.92. The van der Waals surface area contributed by atoms with E-state index in [1.54, 1.807) is 20.0 Å². The molecule has 190 valence electrons. The number of benzene rings is 1. The van der Waals surface area contributed by atoms with Gasteiger partial charge in [-0.3, -0.25) is 14.5 Å². The first-order valence-corrected chi connectivity index (χ1v) is 13.6. The number of sulfonamides is 1. The maximum atomic E-state index is 13.1. The molecule has 1 aliphatic rings. The van der Waals surface area contributed by atoms with Gasteiger partial charge in [0.25, 0.3) is 10.0 Å². The Labute approximate surface area is 212 Å². The maximum Gasteiger partial charge on any atom is 0.335 e. The van der Waals surface area contributed by atoms with E-state index in [0.29, 0.717) is 52.5 Å². The van der Waals surface area contributed by atoms with Crippen LogP contribution < -0.4 is 10.0 Å². The van der Waals surface area contributed by atoms with Crippen LogP contribution in [-0.2, 0) is 19.6 Å². The van der Waals surface area contributed by atoms with Gasteiger partial charge in [0.15, 0.2) is 5.13 Å². The van der Waals surface area contributed by atoms with Crippen LogP contribution in [0.4, 0.5) is 10.8 Å². The minimum atomic E-state index is -4.00. The highest BCUT2D eigenvalue weighted by atomic mass is 32.2. The Bertz CT molecular complexity index is 1380. The van der Waals surface area contributed by atoms with Crippen LogP contribution in [0.5, 0.6) is 0 Å². The third-order valence-electron chi connectivity index (χ3n) is 5.83. The van der Waals surface area contributed by atoms with Crippen LogP contribution in [0.3, 0.4) is 0 Å². The van der Waals surface area contributed by atoms with Gasteiger partial charge in [-0.25, -0.2) is 18.2 Å². The molecule has 10 nitrogen and oxygen atoms in total. The smallest absolute Gasteiger partial charge is 0.335 e. The van der Waals surface area contributed by atoms with Gasteiger partial charge < -0.3 is 15.2 Å². The number of nitrogens with one attached hydrogen (secondary N) is 2. The van der Waals surface area contributed by atoms with Crippen LogP contribution in [0.25, 0.3) is 10.4 Å². The lowest BCUT2D eigenvalue weighted by Crippen LogP contribution is -2.22. The first-order chi connectivity index (χ1) is 17.1. The third-order valence-corrected chi connectivity index (χ3v) is 8.45. The standard InChI is InChI=1S/C24H26N4O6S2/c1-14-20(36(32,33)28-19-5-3-17(4-6-19)23(30)31)12-18(13-25-14)22-15(2)26-24(35-22)27-21(29)11-16-7-9-34-10-8-16/h3-6,12-13,16,28H,7-11H2,1-2H3,(H,30,31)(H,26,27,29). The number of pyridine rings is 1. The van der Waals surface area contributed by atoms with Crippen molar-refractivity contribution >= 4 is 44.1 Å². The summed E-state index contributed by atoms with van der Waals surface area (Å²) in [5.74, 6) is -0.914. The van der Waals surface area contributed by atoms with Crippen molar-refractivity contribution in [3.63, 3.8) is 0 Å².